The van der Waals surface area contributed by atoms with E-state index in [9.17, 15) is 4.79 Å². The molecule has 26 heavy (non-hydrogen) atoms. The number of hydrogen-bond donors (Lipinski definition) is 2. The number of H-pyrrole nitrogens is 1. The number of methoxy groups -OCH3 is 2. The maximum atomic E-state index is 11.8. The lowest BCUT2D eigenvalue weighted by molar-refractivity contribution is 0.275. The second-order valence-corrected chi connectivity index (χ2v) is 5.60. The molecular weight excluding hydrogens is 336 g/mol. The van der Waals surface area contributed by atoms with Gasteiger partial charge in [0.25, 0.3) is 5.56 Å². The third-order valence-electron chi connectivity index (χ3n) is 3.71. The zero-order chi connectivity index (χ0) is 19.1. The van der Waals surface area contributed by atoms with E-state index >= 15 is 0 Å². The highest BCUT2D eigenvalue weighted by atomic mass is 16.5. The van der Waals surface area contributed by atoms with Crippen molar-refractivity contribution in [1.82, 2.24) is 9.97 Å². The molecule has 0 aliphatic carbocycles. The first-order valence-corrected chi connectivity index (χ1v) is 8.25. The molecule has 8 nitrogen and oxygen atoms in total. The standard InChI is InChI=1S/C18H24N4O4/c1-6-7-26-16-14(24-4)8-13(9-15(16)25-5)10-19-22-18-20-12(3)11(2)17(23)21-18/h8-10H,6-7H2,1-5H3,(H2,20,21,22,23)/b19-10-. The summed E-state index contributed by atoms with van der Waals surface area (Å²) >= 11 is 0. The Bertz CT molecular complexity index is 821. The second-order valence-electron chi connectivity index (χ2n) is 5.60. The molecule has 1 aromatic heterocycles. The van der Waals surface area contributed by atoms with Crippen LogP contribution >= 0.6 is 0 Å². The van der Waals surface area contributed by atoms with Crippen molar-refractivity contribution in [2.75, 3.05) is 26.3 Å². The summed E-state index contributed by atoms with van der Waals surface area (Å²) in [5.41, 5.74) is 4.48. The van der Waals surface area contributed by atoms with Crippen LogP contribution in [0, 0.1) is 13.8 Å². The molecule has 0 aliphatic rings. The van der Waals surface area contributed by atoms with E-state index in [1.807, 2.05) is 6.92 Å². The van der Waals surface area contributed by atoms with Crippen LogP contribution in [0.5, 0.6) is 17.2 Å². The number of nitrogens with zero attached hydrogens (tertiary/aromatic N) is 2. The molecule has 2 N–H and O–H groups in total. The van der Waals surface area contributed by atoms with Crippen LogP contribution in [0.25, 0.3) is 0 Å². The summed E-state index contributed by atoms with van der Waals surface area (Å²) in [5, 5.41) is 4.11. The highest BCUT2D eigenvalue weighted by Gasteiger charge is 2.13. The minimum atomic E-state index is -0.198. The molecule has 0 aliphatic heterocycles. The normalized spacial score (nSPS) is 10.8. The van der Waals surface area contributed by atoms with E-state index in [4.69, 9.17) is 14.2 Å². The summed E-state index contributed by atoms with van der Waals surface area (Å²) in [6.45, 7) is 6.07. The number of aryl methyl sites for hydroxylation is 1. The Balaban J connectivity index is 2.23. The highest BCUT2D eigenvalue weighted by molar-refractivity contribution is 5.82. The first-order valence-electron chi connectivity index (χ1n) is 8.25. The molecule has 0 saturated carbocycles. The molecule has 8 heteroatoms. The fourth-order valence-corrected chi connectivity index (χ4v) is 2.19. The minimum absolute atomic E-state index is 0.198. The fraction of sp³-hybridized carbons (Fsp3) is 0.389. The SMILES string of the molecule is CCCOc1c(OC)cc(/C=N\Nc2nc(C)c(C)c(=O)[nH]2)cc1OC. The van der Waals surface area contributed by atoms with Gasteiger partial charge >= 0.3 is 0 Å². The van der Waals surface area contributed by atoms with Gasteiger partial charge in [0.05, 0.1) is 27.0 Å². The molecule has 0 atom stereocenters. The van der Waals surface area contributed by atoms with Crippen LogP contribution in [0.15, 0.2) is 22.0 Å². The molecule has 1 heterocycles. The summed E-state index contributed by atoms with van der Waals surface area (Å²) in [7, 11) is 3.13. The van der Waals surface area contributed by atoms with E-state index in [1.54, 1.807) is 46.4 Å². The molecular formula is C18H24N4O4. The largest absolute Gasteiger partial charge is 0.493 e. The lowest BCUT2D eigenvalue weighted by atomic mass is 10.2. The van der Waals surface area contributed by atoms with Crippen molar-refractivity contribution in [2.45, 2.75) is 27.2 Å². The average molecular weight is 360 g/mol. The molecule has 0 saturated heterocycles. The maximum absolute atomic E-state index is 11.8. The number of anilines is 1. The van der Waals surface area contributed by atoms with Crippen molar-refractivity contribution in [2.24, 2.45) is 5.10 Å². The van der Waals surface area contributed by atoms with Gasteiger partial charge in [0.1, 0.15) is 0 Å². The predicted octanol–water partition coefficient (Wildman–Crippen LogP) is 2.64. The first-order chi connectivity index (χ1) is 12.5. The number of hydrogen-bond acceptors (Lipinski definition) is 7. The molecule has 0 bridgehead atoms. The Morgan fingerprint density at radius 1 is 1.23 bits per heavy atom. The van der Waals surface area contributed by atoms with Gasteiger partial charge in [0.15, 0.2) is 11.5 Å². The van der Waals surface area contributed by atoms with Crippen LogP contribution in [-0.2, 0) is 0 Å². The molecule has 2 aromatic rings. The molecule has 0 amide bonds. The number of benzene rings is 1. The van der Waals surface area contributed by atoms with Gasteiger partial charge in [0.2, 0.25) is 11.7 Å². The Kier molecular flexibility index (Phi) is 6.60. The molecule has 140 valence electrons. The van der Waals surface area contributed by atoms with Crippen molar-refractivity contribution in [3.05, 3.63) is 39.3 Å². The third-order valence-corrected chi connectivity index (χ3v) is 3.71. The van der Waals surface area contributed by atoms with Gasteiger partial charge in [-0.05, 0) is 32.4 Å². The van der Waals surface area contributed by atoms with Gasteiger partial charge in [0, 0.05) is 16.8 Å². The summed E-state index contributed by atoms with van der Waals surface area (Å²) in [6.07, 6.45) is 2.45. The molecule has 0 unspecified atom stereocenters. The average Bonchev–Trinajstić information content (AvgIpc) is 2.64. The topological polar surface area (TPSA) is 97.8 Å². The van der Waals surface area contributed by atoms with E-state index < -0.39 is 0 Å². The number of aromatic amines is 1. The predicted molar refractivity (Wildman–Crippen MR) is 101 cm³/mol. The van der Waals surface area contributed by atoms with Crippen LogP contribution in [-0.4, -0.2) is 37.0 Å². The lowest BCUT2D eigenvalue weighted by Gasteiger charge is -2.14. The van der Waals surface area contributed by atoms with Crippen molar-refractivity contribution < 1.29 is 14.2 Å². The number of aromatic nitrogens is 2. The zero-order valence-corrected chi connectivity index (χ0v) is 15.7. The first kappa shape index (κ1) is 19.3. The van der Waals surface area contributed by atoms with Gasteiger partial charge in [-0.1, -0.05) is 6.92 Å². The highest BCUT2D eigenvalue weighted by Crippen LogP contribution is 2.38. The number of ether oxygens (including phenoxy) is 3. The Morgan fingerprint density at radius 3 is 2.42 bits per heavy atom. The van der Waals surface area contributed by atoms with E-state index in [0.717, 1.165) is 12.0 Å². The number of nitrogens with one attached hydrogen (secondary N) is 2. The Hall–Kier alpha value is -3.03. The molecule has 2 rings (SSSR count). The van der Waals surface area contributed by atoms with Gasteiger partial charge in [-0.15, -0.1) is 0 Å². The van der Waals surface area contributed by atoms with Crippen LogP contribution in [0.3, 0.4) is 0 Å². The summed E-state index contributed by atoms with van der Waals surface area (Å²) < 4.78 is 16.5. The van der Waals surface area contributed by atoms with Crippen LogP contribution in [0.4, 0.5) is 5.95 Å². The Labute approximate surface area is 152 Å². The Morgan fingerprint density at radius 2 is 1.88 bits per heavy atom. The number of rotatable bonds is 8. The molecule has 1 aromatic carbocycles. The van der Waals surface area contributed by atoms with Crippen molar-refractivity contribution in [3.8, 4) is 17.2 Å². The summed E-state index contributed by atoms with van der Waals surface area (Å²) in [4.78, 5) is 18.6. The molecule has 0 spiro atoms. The van der Waals surface area contributed by atoms with Gasteiger partial charge in [-0.3, -0.25) is 9.78 Å². The van der Waals surface area contributed by atoms with E-state index in [1.165, 1.54) is 0 Å². The van der Waals surface area contributed by atoms with Gasteiger partial charge < -0.3 is 14.2 Å². The monoisotopic (exact) mass is 360 g/mol. The number of hydrazone groups is 1. The summed E-state index contributed by atoms with van der Waals surface area (Å²) in [6, 6.07) is 3.57. The smallest absolute Gasteiger partial charge is 0.255 e. The fourth-order valence-electron chi connectivity index (χ4n) is 2.19. The zero-order valence-electron chi connectivity index (χ0n) is 15.7. The summed E-state index contributed by atoms with van der Waals surface area (Å²) in [5.74, 6) is 1.94. The van der Waals surface area contributed by atoms with E-state index in [2.05, 4.69) is 20.5 Å². The molecule has 0 radical (unpaired) electrons. The van der Waals surface area contributed by atoms with Gasteiger partial charge in [-0.2, -0.15) is 5.10 Å². The van der Waals surface area contributed by atoms with Crippen molar-refractivity contribution >= 4 is 12.2 Å². The minimum Gasteiger partial charge on any atom is -0.493 e. The van der Waals surface area contributed by atoms with Crippen molar-refractivity contribution in [1.29, 1.82) is 0 Å². The maximum Gasteiger partial charge on any atom is 0.255 e. The van der Waals surface area contributed by atoms with Gasteiger partial charge in [-0.25, -0.2) is 10.4 Å². The van der Waals surface area contributed by atoms with E-state index in [-0.39, 0.29) is 11.5 Å². The lowest BCUT2D eigenvalue weighted by Crippen LogP contribution is -2.15. The second kappa shape index (κ2) is 8.89. The van der Waals surface area contributed by atoms with Crippen LogP contribution < -0.4 is 25.2 Å². The van der Waals surface area contributed by atoms with Crippen LogP contribution in [0.2, 0.25) is 0 Å². The quantitative estimate of drug-likeness (QED) is 0.555. The van der Waals surface area contributed by atoms with Crippen molar-refractivity contribution in [3.63, 3.8) is 0 Å². The van der Waals surface area contributed by atoms with E-state index in [0.29, 0.717) is 35.1 Å². The molecule has 0 fully saturated rings. The van der Waals surface area contributed by atoms with Crippen LogP contribution in [0.1, 0.15) is 30.2 Å². The third kappa shape index (κ3) is 4.53.